The van der Waals surface area contributed by atoms with E-state index in [-0.39, 0.29) is 5.41 Å². The highest BCUT2D eigenvalue weighted by atomic mass is 15.1. The number of pyridine rings is 2. The summed E-state index contributed by atoms with van der Waals surface area (Å²) in [5.74, 6) is 0.836. The first-order valence-corrected chi connectivity index (χ1v) is 24.7. The number of fused-ring (bicyclic) bond motifs is 13. The summed E-state index contributed by atoms with van der Waals surface area (Å²) in [5, 5.41) is 5.59. The molecule has 0 fully saturated rings. The molecule has 1 aliphatic rings. The summed E-state index contributed by atoms with van der Waals surface area (Å²) in [4.78, 5) is 15.6. The Morgan fingerprint density at radius 3 is 1.72 bits per heavy atom. The Bertz CT molecular complexity index is 4500. The molecular weight excluding hydrogens is 877 g/mol. The van der Waals surface area contributed by atoms with E-state index < -0.39 is 0 Å². The molecule has 72 heavy (non-hydrogen) atoms. The van der Waals surface area contributed by atoms with E-state index >= 15 is 0 Å². The van der Waals surface area contributed by atoms with Crippen molar-refractivity contribution in [1.29, 1.82) is 0 Å². The molecule has 0 amide bonds. The molecule has 6 nitrogen and oxygen atoms in total. The summed E-state index contributed by atoms with van der Waals surface area (Å²) in [6, 6.07) is 79.1. The minimum Gasteiger partial charge on any atom is -0.309 e. The van der Waals surface area contributed by atoms with Crippen LogP contribution in [-0.4, -0.2) is 28.7 Å². The van der Waals surface area contributed by atoms with Crippen LogP contribution in [0.15, 0.2) is 231 Å². The van der Waals surface area contributed by atoms with Crippen molar-refractivity contribution in [2.45, 2.75) is 19.3 Å². The third-order valence-electron chi connectivity index (χ3n) is 15.3. The van der Waals surface area contributed by atoms with Gasteiger partial charge in [-0.05, 0) is 130 Å². The molecule has 1 aliphatic carbocycles. The van der Waals surface area contributed by atoms with Gasteiger partial charge in [-0.25, -0.2) is 4.98 Å². The van der Waals surface area contributed by atoms with Crippen LogP contribution in [0.25, 0.3) is 128 Å². The van der Waals surface area contributed by atoms with E-state index in [1.165, 1.54) is 49.6 Å². The number of rotatable bonds is 6. The van der Waals surface area contributed by atoms with Crippen LogP contribution in [0.4, 0.5) is 0 Å². The third-order valence-corrected chi connectivity index (χ3v) is 15.3. The molecule has 0 bridgehead atoms. The van der Waals surface area contributed by atoms with Crippen molar-refractivity contribution in [3.63, 3.8) is 0 Å². The second kappa shape index (κ2) is 15.3. The smallest absolute Gasteiger partial charge is 0.145 e. The van der Waals surface area contributed by atoms with Crippen LogP contribution < -0.4 is 0 Å². The molecule has 0 spiro atoms. The van der Waals surface area contributed by atoms with Crippen molar-refractivity contribution in [2.75, 3.05) is 0 Å². The Kier molecular flexibility index (Phi) is 8.61. The predicted molar refractivity (Wildman–Crippen MR) is 297 cm³/mol. The first-order valence-electron chi connectivity index (χ1n) is 24.7. The zero-order chi connectivity index (χ0) is 47.7. The van der Waals surface area contributed by atoms with Crippen molar-refractivity contribution in [3.8, 4) is 62.0 Å². The van der Waals surface area contributed by atoms with Crippen molar-refractivity contribution in [3.05, 3.63) is 242 Å². The van der Waals surface area contributed by atoms with E-state index in [9.17, 15) is 0 Å². The first-order chi connectivity index (χ1) is 35.5. The molecule has 0 saturated carbocycles. The van der Waals surface area contributed by atoms with Gasteiger partial charge in [-0.1, -0.05) is 135 Å². The summed E-state index contributed by atoms with van der Waals surface area (Å²) in [5.41, 5.74) is 21.1. The van der Waals surface area contributed by atoms with Crippen LogP contribution in [-0.2, 0) is 5.41 Å². The number of hydrogen-bond acceptors (Lipinski definition) is 3. The Hall–Kier alpha value is -9.39. The maximum Gasteiger partial charge on any atom is 0.145 e. The Balaban J connectivity index is 0.991. The summed E-state index contributed by atoms with van der Waals surface area (Å²) < 4.78 is 7.21. The largest absolute Gasteiger partial charge is 0.309 e. The van der Waals surface area contributed by atoms with Gasteiger partial charge in [-0.2, -0.15) is 0 Å². The molecule has 5 heterocycles. The highest BCUT2D eigenvalue weighted by Gasteiger charge is 2.36. The zero-order valence-corrected chi connectivity index (χ0v) is 39.6. The molecule has 14 aromatic rings. The molecule has 0 radical (unpaired) electrons. The van der Waals surface area contributed by atoms with Gasteiger partial charge < -0.3 is 9.13 Å². The van der Waals surface area contributed by atoms with Gasteiger partial charge in [0.25, 0.3) is 0 Å². The maximum atomic E-state index is 5.69. The number of para-hydroxylation sites is 2. The topological polar surface area (TPSA) is 53.5 Å². The molecule has 0 atom stereocenters. The van der Waals surface area contributed by atoms with Crippen LogP contribution in [0, 0.1) is 0 Å². The van der Waals surface area contributed by atoms with Crippen LogP contribution in [0.2, 0.25) is 0 Å². The normalized spacial score (nSPS) is 13.0. The van der Waals surface area contributed by atoms with Crippen LogP contribution in [0.5, 0.6) is 0 Å². The SMILES string of the molecule is CC1(C)c2ccccc2-c2cc3c4ccccc4n(-c4ccc(-n5c(-c6ccc7c(c6)c(-c6ccccc6)c(-c6ccccc6)n7-c6ccccc6)nc6c7cccnc7c7ncccc7c65)cc4)c3cc21. The van der Waals surface area contributed by atoms with Gasteiger partial charge in [0, 0.05) is 72.9 Å². The molecule has 5 aromatic heterocycles. The monoisotopic (exact) mass is 920 g/mol. The highest BCUT2D eigenvalue weighted by molar-refractivity contribution is 6.22. The van der Waals surface area contributed by atoms with Crippen LogP contribution in [0.3, 0.4) is 0 Å². The maximum absolute atomic E-state index is 5.69. The standard InChI is InChI=1S/C66H44N6/c1-66(2)54-28-14-12-24-47(54)51-39-52-48-25-13-15-29-56(48)70(58(52)40-55(51)66)45-31-33-46(34-32-45)72-64-50-27-17-37-68-61(50)60-49(26-16-36-67-60)62(64)69-65(72)43-30-35-57-53(38-43)59(41-18-6-3-7-19-41)63(42-20-8-4-9-21-42)71(57)44-22-10-5-11-23-44/h3-40H,1-2H3. The zero-order valence-electron chi connectivity index (χ0n) is 39.6. The average molecular weight is 921 g/mol. The molecule has 15 rings (SSSR count). The Morgan fingerprint density at radius 2 is 0.958 bits per heavy atom. The van der Waals surface area contributed by atoms with Gasteiger partial charge in [-0.3, -0.25) is 14.5 Å². The molecule has 0 aliphatic heterocycles. The van der Waals surface area contributed by atoms with Crippen molar-refractivity contribution >= 4 is 65.5 Å². The van der Waals surface area contributed by atoms with E-state index in [2.05, 4.69) is 234 Å². The summed E-state index contributed by atoms with van der Waals surface area (Å²) in [7, 11) is 0. The van der Waals surface area contributed by atoms with Crippen LogP contribution in [0.1, 0.15) is 25.0 Å². The Labute approximate surface area is 415 Å². The molecule has 0 unspecified atom stereocenters. The molecule has 9 aromatic carbocycles. The van der Waals surface area contributed by atoms with E-state index in [0.29, 0.717) is 0 Å². The van der Waals surface area contributed by atoms with E-state index in [0.717, 1.165) is 89.0 Å². The van der Waals surface area contributed by atoms with Gasteiger partial charge in [0.2, 0.25) is 0 Å². The van der Waals surface area contributed by atoms with Crippen LogP contribution >= 0.6 is 0 Å². The molecule has 338 valence electrons. The van der Waals surface area contributed by atoms with E-state index in [4.69, 9.17) is 15.0 Å². The quantitative estimate of drug-likeness (QED) is 0.156. The second-order valence-corrected chi connectivity index (χ2v) is 19.6. The van der Waals surface area contributed by atoms with Crippen molar-refractivity contribution in [1.82, 2.24) is 28.7 Å². The minimum absolute atomic E-state index is 0.125. The Morgan fingerprint density at radius 1 is 0.361 bits per heavy atom. The summed E-state index contributed by atoms with van der Waals surface area (Å²) in [6.45, 7) is 4.72. The first kappa shape index (κ1) is 40.5. The highest BCUT2D eigenvalue weighted by Crippen LogP contribution is 2.51. The number of imidazole rings is 1. The lowest BCUT2D eigenvalue weighted by atomic mass is 9.82. The third kappa shape index (κ3) is 5.75. The lowest BCUT2D eigenvalue weighted by molar-refractivity contribution is 0.661. The van der Waals surface area contributed by atoms with Crippen molar-refractivity contribution in [2.24, 2.45) is 0 Å². The van der Waals surface area contributed by atoms with Gasteiger partial charge in [0.1, 0.15) is 5.82 Å². The van der Waals surface area contributed by atoms with Crippen molar-refractivity contribution < 1.29 is 0 Å². The number of hydrogen-bond donors (Lipinski definition) is 0. The fourth-order valence-electron chi connectivity index (χ4n) is 12.1. The van der Waals surface area contributed by atoms with E-state index in [1.54, 1.807) is 0 Å². The molecule has 0 N–H and O–H groups in total. The predicted octanol–water partition coefficient (Wildman–Crippen LogP) is 16.5. The van der Waals surface area contributed by atoms with Gasteiger partial charge in [0.15, 0.2) is 0 Å². The fraction of sp³-hybridized carbons (Fsp3) is 0.0455. The fourth-order valence-corrected chi connectivity index (χ4v) is 12.1. The average Bonchev–Trinajstić information content (AvgIpc) is 4.17. The van der Waals surface area contributed by atoms with Gasteiger partial charge >= 0.3 is 0 Å². The van der Waals surface area contributed by atoms with Gasteiger partial charge in [0.05, 0.1) is 44.3 Å². The number of benzene rings is 9. The second-order valence-electron chi connectivity index (χ2n) is 19.6. The lowest BCUT2D eigenvalue weighted by Crippen LogP contribution is -2.14. The van der Waals surface area contributed by atoms with Gasteiger partial charge in [-0.15, -0.1) is 0 Å². The lowest BCUT2D eigenvalue weighted by Gasteiger charge is -2.21. The molecule has 0 saturated heterocycles. The summed E-state index contributed by atoms with van der Waals surface area (Å²) >= 11 is 0. The molecular formula is C66H44N6. The summed E-state index contributed by atoms with van der Waals surface area (Å²) in [6.07, 6.45) is 3.71. The number of nitrogens with zero attached hydrogens (tertiary/aromatic N) is 6. The number of aromatic nitrogens is 6. The van der Waals surface area contributed by atoms with E-state index in [1.807, 2.05) is 24.5 Å². The minimum atomic E-state index is -0.125. The molecule has 6 heteroatoms.